The third-order valence-corrected chi connectivity index (χ3v) is 3.79. The normalized spacial score (nSPS) is 19.8. The van der Waals surface area contributed by atoms with E-state index >= 15 is 0 Å². The molecule has 1 aromatic heterocycles. The van der Waals surface area contributed by atoms with Crippen LogP contribution in [0.5, 0.6) is 0 Å². The second-order valence-corrected chi connectivity index (χ2v) is 5.78. The third kappa shape index (κ3) is 3.99. The number of nitrogens with one attached hydrogen (secondary N) is 1. The molecule has 0 radical (unpaired) electrons. The summed E-state index contributed by atoms with van der Waals surface area (Å²) in [5.74, 6) is 0.768. The van der Waals surface area contributed by atoms with Crippen molar-refractivity contribution >= 4 is 0 Å². The van der Waals surface area contributed by atoms with E-state index in [1.54, 1.807) is 12.3 Å². The van der Waals surface area contributed by atoms with Crippen LogP contribution in [0.4, 0.5) is 13.2 Å². The number of alkyl halides is 3. The fourth-order valence-corrected chi connectivity index (χ4v) is 2.39. The molecule has 2 saturated carbocycles. The molecule has 2 aliphatic carbocycles. The summed E-state index contributed by atoms with van der Waals surface area (Å²) in [4.78, 5) is 1.52. The number of rotatable bonds is 7. The van der Waals surface area contributed by atoms with Gasteiger partial charge in [-0.05, 0) is 31.7 Å². The molecule has 20 heavy (non-hydrogen) atoms. The number of nitrogens with zero attached hydrogens (tertiary/aromatic N) is 1. The van der Waals surface area contributed by atoms with Gasteiger partial charge in [0.15, 0.2) is 0 Å². The van der Waals surface area contributed by atoms with Gasteiger partial charge in [-0.2, -0.15) is 13.2 Å². The van der Waals surface area contributed by atoms with Gasteiger partial charge in [-0.15, -0.1) is 0 Å². The second kappa shape index (κ2) is 5.41. The van der Waals surface area contributed by atoms with E-state index < -0.39 is 12.7 Å². The van der Waals surface area contributed by atoms with Gasteiger partial charge in [0.2, 0.25) is 0 Å². The zero-order valence-corrected chi connectivity index (χ0v) is 11.2. The predicted molar refractivity (Wildman–Crippen MR) is 68.1 cm³/mol. The molecule has 1 N–H and O–H groups in total. The highest BCUT2D eigenvalue weighted by Gasteiger charge is 2.38. The summed E-state index contributed by atoms with van der Waals surface area (Å²) in [5.41, 5.74) is 0.870. The van der Waals surface area contributed by atoms with Crippen molar-refractivity contribution in [3.63, 3.8) is 0 Å². The minimum atomic E-state index is -4.14. The van der Waals surface area contributed by atoms with E-state index in [4.69, 9.17) is 4.42 Å². The Balaban J connectivity index is 1.60. The molecular formula is C14H19F3N2O. The van der Waals surface area contributed by atoms with Crippen molar-refractivity contribution in [3.8, 4) is 0 Å². The summed E-state index contributed by atoms with van der Waals surface area (Å²) >= 11 is 0. The number of furan rings is 1. The summed E-state index contributed by atoms with van der Waals surface area (Å²) in [7, 11) is 0. The molecule has 112 valence electrons. The van der Waals surface area contributed by atoms with Gasteiger partial charge in [0.1, 0.15) is 5.76 Å². The van der Waals surface area contributed by atoms with Gasteiger partial charge in [0.25, 0.3) is 0 Å². The van der Waals surface area contributed by atoms with E-state index in [-0.39, 0.29) is 6.04 Å². The van der Waals surface area contributed by atoms with Gasteiger partial charge in [0, 0.05) is 24.2 Å². The highest BCUT2D eigenvalue weighted by atomic mass is 19.4. The summed E-state index contributed by atoms with van der Waals surface area (Å²) in [6, 6.07) is 2.42. The molecule has 3 nitrogen and oxygen atoms in total. The van der Waals surface area contributed by atoms with Crippen LogP contribution in [0.2, 0.25) is 0 Å². The van der Waals surface area contributed by atoms with E-state index in [1.165, 1.54) is 17.7 Å². The first-order valence-electron chi connectivity index (χ1n) is 7.11. The molecule has 0 aliphatic heterocycles. The summed E-state index contributed by atoms with van der Waals surface area (Å²) < 4.78 is 43.2. The standard InChI is InChI=1S/C14H19F3N2O/c15-14(16,17)9-19(12-3-4-12)8-10-5-6-20-13(10)7-18-11-1-2-11/h5-6,11-12,18H,1-4,7-9H2. The van der Waals surface area contributed by atoms with E-state index in [0.717, 1.165) is 24.2 Å². The molecule has 1 heterocycles. The molecule has 0 atom stereocenters. The molecule has 3 rings (SSSR count). The summed E-state index contributed by atoms with van der Waals surface area (Å²) in [5, 5.41) is 3.33. The van der Waals surface area contributed by atoms with Crippen molar-refractivity contribution in [1.29, 1.82) is 0 Å². The molecule has 0 bridgehead atoms. The average molecular weight is 288 g/mol. The SMILES string of the molecule is FC(F)(F)CN(Cc1ccoc1CNC1CC1)C1CC1. The maximum absolute atomic E-state index is 12.6. The highest BCUT2D eigenvalue weighted by molar-refractivity contribution is 5.17. The van der Waals surface area contributed by atoms with Crippen molar-refractivity contribution in [2.75, 3.05) is 6.54 Å². The summed E-state index contributed by atoms with van der Waals surface area (Å²) in [6.45, 7) is 0.0955. The minimum Gasteiger partial charge on any atom is -0.468 e. The van der Waals surface area contributed by atoms with Crippen LogP contribution in [0.1, 0.15) is 37.0 Å². The van der Waals surface area contributed by atoms with Crippen molar-refractivity contribution in [3.05, 3.63) is 23.7 Å². The Hall–Kier alpha value is -1.01. The molecule has 0 saturated heterocycles. The van der Waals surface area contributed by atoms with Crippen LogP contribution < -0.4 is 5.32 Å². The first-order valence-corrected chi connectivity index (χ1v) is 7.11. The zero-order valence-electron chi connectivity index (χ0n) is 11.2. The Morgan fingerprint density at radius 3 is 2.60 bits per heavy atom. The van der Waals surface area contributed by atoms with E-state index in [0.29, 0.717) is 19.1 Å². The monoisotopic (exact) mass is 288 g/mol. The van der Waals surface area contributed by atoms with Crippen molar-refractivity contribution in [1.82, 2.24) is 10.2 Å². The molecular weight excluding hydrogens is 269 g/mol. The lowest BCUT2D eigenvalue weighted by atomic mass is 10.2. The minimum absolute atomic E-state index is 0.0794. The molecule has 2 aliphatic rings. The fraction of sp³-hybridized carbons (Fsp3) is 0.714. The second-order valence-electron chi connectivity index (χ2n) is 5.78. The number of hydrogen-bond donors (Lipinski definition) is 1. The van der Waals surface area contributed by atoms with Crippen molar-refractivity contribution in [2.45, 2.75) is 57.0 Å². The highest BCUT2D eigenvalue weighted by Crippen LogP contribution is 2.32. The van der Waals surface area contributed by atoms with E-state index in [2.05, 4.69) is 5.32 Å². The lowest BCUT2D eigenvalue weighted by Gasteiger charge is -2.23. The Labute approximate surface area is 116 Å². The Morgan fingerprint density at radius 2 is 2.00 bits per heavy atom. The first-order chi connectivity index (χ1) is 9.51. The number of hydrogen-bond acceptors (Lipinski definition) is 3. The van der Waals surface area contributed by atoms with Crippen molar-refractivity contribution in [2.24, 2.45) is 0 Å². The first kappa shape index (κ1) is 13.9. The maximum Gasteiger partial charge on any atom is 0.401 e. The molecule has 2 fully saturated rings. The number of halogens is 3. The van der Waals surface area contributed by atoms with Crippen LogP contribution in [0.25, 0.3) is 0 Å². The van der Waals surface area contributed by atoms with Crippen molar-refractivity contribution < 1.29 is 17.6 Å². The molecule has 0 amide bonds. The molecule has 6 heteroatoms. The summed E-state index contributed by atoms with van der Waals surface area (Å²) in [6.07, 6.45) is 1.51. The smallest absolute Gasteiger partial charge is 0.401 e. The van der Waals surface area contributed by atoms with Crippen LogP contribution in [-0.2, 0) is 13.1 Å². The van der Waals surface area contributed by atoms with Gasteiger partial charge in [-0.3, -0.25) is 4.90 Å². The van der Waals surface area contributed by atoms with Crippen LogP contribution in [0.15, 0.2) is 16.7 Å². The zero-order chi connectivity index (χ0) is 14.2. The lowest BCUT2D eigenvalue weighted by molar-refractivity contribution is -0.148. The molecule has 0 aromatic carbocycles. The van der Waals surface area contributed by atoms with E-state index in [1.807, 2.05) is 0 Å². The van der Waals surface area contributed by atoms with Crippen LogP contribution in [0.3, 0.4) is 0 Å². The Bertz CT molecular complexity index is 450. The van der Waals surface area contributed by atoms with Gasteiger partial charge in [0.05, 0.1) is 19.4 Å². The van der Waals surface area contributed by atoms with Gasteiger partial charge in [-0.25, -0.2) is 0 Å². The quantitative estimate of drug-likeness (QED) is 0.836. The average Bonchev–Trinajstić information content (AvgIpc) is 3.24. The Morgan fingerprint density at radius 1 is 1.25 bits per heavy atom. The fourth-order valence-electron chi connectivity index (χ4n) is 2.39. The molecule has 1 aromatic rings. The Kier molecular flexibility index (Phi) is 3.77. The topological polar surface area (TPSA) is 28.4 Å². The molecule has 0 spiro atoms. The lowest BCUT2D eigenvalue weighted by Crippen LogP contribution is -2.35. The molecule has 0 unspecified atom stereocenters. The van der Waals surface area contributed by atoms with Crippen LogP contribution in [0, 0.1) is 0 Å². The largest absolute Gasteiger partial charge is 0.468 e. The van der Waals surface area contributed by atoms with Gasteiger partial charge < -0.3 is 9.73 Å². The predicted octanol–water partition coefficient (Wildman–Crippen LogP) is 3.06. The van der Waals surface area contributed by atoms with E-state index in [9.17, 15) is 13.2 Å². The van der Waals surface area contributed by atoms with Crippen LogP contribution in [-0.4, -0.2) is 29.7 Å². The van der Waals surface area contributed by atoms with Gasteiger partial charge in [-0.1, -0.05) is 0 Å². The van der Waals surface area contributed by atoms with Gasteiger partial charge >= 0.3 is 6.18 Å². The third-order valence-electron chi connectivity index (χ3n) is 3.79. The maximum atomic E-state index is 12.6. The van der Waals surface area contributed by atoms with Crippen LogP contribution >= 0.6 is 0 Å².